The lowest BCUT2D eigenvalue weighted by Gasteiger charge is -2.05. The number of alkyl halides is 1. The van der Waals surface area contributed by atoms with Gasteiger partial charge in [-0.05, 0) is 42.0 Å². The number of nitrogens with one attached hydrogen (secondary N) is 3. The van der Waals surface area contributed by atoms with Crippen LogP contribution in [0.25, 0.3) is 33.3 Å². The number of amides is 1. The molecule has 0 saturated carbocycles. The molecule has 6 nitrogen and oxygen atoms in total. The smallest absolute Gasteiger partial charge is 0.256 e. The Bertz CT molecular complexity index is 1340. The van der Waals surface area contributed by atoms with Gasteiger partial charge in [0.2, 0.25) is 0 Å². The molecule has 0 unspecified atom stereocenters. The summed E-state index contributed by atoms with van der Waals surface area (Å²) in [6.45, 7) is 0. The summed E-state index contributed by atoms with van der Waals surface area (Å²) >= 11 is 5.80. The lowest BCUT2D eigenvalue weighted by Crippen LogP contribution is -2.12. The topological polar surface area (TPSA) is 86.5 Å². The fourth-order valence-corrected chi connectivity index (χ4v) is 3.49. The number of rotatable bonds is 4. The van der Waals surface area contributed by atoms with E-state index < -0.39 is 0 Å². The Kier molecular flexibility index (Phi) is 4.26. The zero-order valence-electron chi connectivity index (χ0n) is 15.2. The maximum absolute atomic E-state index is 12.5. The second-order valence-corrected chi connectivity index (χ2v) is 6.98. The maximum Gasteiger partial charge on any atom is 0.256 e. The van der Waals surface area contributed by atoms with Gasteiger partial charge in [0.25, 0.3) is 5.91 Å². The van der Waals surface area contributed by atoms with Gasteiger partial charge in [0.15, 0.2) is 0 Å². The van der Waals surface area contributed by atoms with Crippen LogP contribution in [0, 0.1) is 0 Å². The van der Waals surface area contributed by atoms with Gasteiger partial charge in [0, 0.05) is 16.8 Å². The number of pyridine rings is 1. The highest BCUT2D eigenvalue weighted by Crippen LogP contribution is 2.28. The van der Waals surface area contributed by atoms with Crippen molar-refractivity contribution in [3.05, 3.63) is 77.9 Å². The molecule has 3 aromatic heterocycles. The first-order valence-electron chi connectivity index (χ1n) is 9.11. The molecular weight excluding hydrogens is 386 g/mol. The number of hydrogen-bond acceptors (Lipinski definition) is 3. The highest BCUT2D eigenvalue weighted by atomic mass is 35.5. The molecule has 0 spiro atoms. The van der Waals surface area contributed by atoms with Crippen LogP contribution in [0.15, 0.2) is 66.7 Å². The molecule has 1 amide bonds. The molecule has 0 saturated heterocycles. The Labute approximate surface area is 170 Å². The Morgan fingerprint density at radius 2 is 1.83 bits per heavy atom. The van der Waals surface area contributed by atoms with E-state index in [1.807, 2.05) is 48.5 Å². The molecule has 142 valence electrons. The zero-order valence-corrected chi connectivity index (χ0v) is 16.0. The van der Waals surface area contributed by atoms with E-state index in [0.717, 1.165) is 38.9 Å². The van der Waals surface area contributed by atoms with Crippen molar-refractivity contribution < 1.29 is 4.79 Å². The van der Waals surface area contributed by atoms with Crippen LogP contribution in [0.3, 0.4) is 0 Å². The van der Waals surface area contributed by atoms with E-state index in [2.05, 4.69) is 25.5 Å². The first-order valence-corrected chi connectivity index (χ1v) is 9.64. The van der Waals surface area contributed by atoms with Gasteiger partial charge in [-0.3, -0.25) is 9.89 Å². The van der Waals surface area contributed by atoms with Crippen LogP contribution in [-0.4, -0.2) is 26.1 Å². The molecule has 0 aliphatic rings. The average Bonchev–Trinajstić information content (AvgIpc) is 3.37. The van der Waals surface area contributed by atoms with Gasteiger partial charge < -0.3 is 10.3 Å². The number of anilines is 1. The first-order chi connectivity index (χ1) is 14.2. The first kappa shape index (κ1) is 17.5. The third kappa shape index (κ3) is 3.23. The maximum atomic E-state index is 12.5. The number of benzene rings is 2. The Hall–Kier alpha value is -3.64. The van der Waals surface area contributed by atoms with Crippen LogP contribution in [-0.2, 0) is 5.88 Å². The molecule has 0 radical (unpaired) electrons. The van der Waals surface area contributed by atoms with E-state index in [9.17, 15) is 4.79 Å². The summed E-state index contributed by atoms with van der Waals surface area (Å²) in [7, 11) is 0. The fourth-order valence-electron chi connectivity index (χ4n) is 3.31. The summed E-state index contributed by atoms with van der Waals surface area (Å²) in [5.74, 6) is 0.690. The van der Waals surface area contributed by atoms with Gasteiger partial charge in [-0.1, -0.05) is 30.3 Å². The largest absolute Gasteiger partial charge is 0.352 e. The Balaban J connectivity index is 1.44. The fraction of sp³-hybridized carbons (Fsp3) is 0.0455. The summed E-state index contributed by atoms with van der Waals surface area (Å²) in [6, 6.07) is 20.7. The SMILES string of the molecule is O=C(Nc1ccc2[nH]c(-c3n[nH]c4ccccc34)cc2n1)c1ccc(CCl)cc1. The van der Waals surface area contributed by atoms with Gasteiger partial charge in [0.05, 0.1) is 22.2 Å². The molecule has 5 aromatic rings. The average molecular weight is 402 g/mol. The van der Waals surface area contributed by atoms with Crippen LogP contribution in [0.5, 0.6) is 0 Å². The summed E-state index contributed by atoms with van der Waals surface area (Å²) < 4.78 is 0. The quantitative estimate of drug-likeness (QED) is 0.366. The minimum absolute atomic E-state index is 0.216. The molecule has 29 heavy (non-hydrogen) atoms. The number of fused-ring (bicyclic) bond motifs is 2. The van der Waals surface area contributed by atoms with Crippen molar-refractivity contribution in [3.8, 4) is 11.4 Å². The molecule has 0 aliphatic carbocycles. The molecule has 5 rings (SSSR count). The normalized spacial score (nSPS) is 11.2. The molecule has 0 atom stereocenters. The minimum Gasteiger partial charge on any atom is -0.352 e. The third-order valence-electron chi connectivity index (χ3n) is 4.81. The molecule has 0 fully saturated rings. The van der Waals surface area contributed by atoms with Crippen LogP contribution in [0.1, 0.15) is 15.9 Å². The number of para-hydroxylation sites is 1. The van der Waals surface area contributed by atoms with Gasteiger partial charge in [0.1, 0.15) is 11.5 Å². The number of H-pyrrole nitrogens is 2. The minimum atomic E-state index is -0.216. The number of halogens is 1. The number of nitrogens with zero attached hydrogens (tertiary/aromatic N) is 2. The van der Waals surface area contributed by atoms with Crippen molar-refractivity contribution in [1.82, 2.24) is 20.2 Å². The molecular formula is C22H16ClN5O. The van der Waals surface area contributed by atoms with Crippen LogP contribution < -0.4 is 5.32 Å². The number of carbonyl (C=O) groups excluding carboxylic acids is 1. The van der Waals surface area contributed by atoms with Gasteiger partial charge in [-0.2, -0.15) is 5.10 Å². The standard InChI is InChI=1S/C22H16ClN5O/c23-12-13-5-7-14(8-6-13)22(29)26-20-10-9-17-18(25-20)11-19(24-17)21-15-3-1-2-4-16(15)27-28-21/h1-11,24H,12H2,(H,27,28)(H,25,26,29). The highest BCUT2D eigenvalue weighted by molar-refractivity contribution is 6.17. The van der Waals surface area contributed by atoms with Crippen LogP contribution in [0.2, 0.25) is 0 Å². The lowest BCUT2D eigenvalue weighted by molar-refractivity contribution is 0.102. The molecule has 0 bridgehead atoms. The summed E-state index contributed by atoms with van der Waals surface area (Å²) in [4.78, 5) is 20.4. The van der Waals surface area contributed by atoms with Crippen molar-refractivity contribution in [2.24, 2.45) is 0 Å². The summed E-state index contributed by atoms with van der Waals surface area (Å²) in [5.41, 5.74) is 5.82. The second kappa shape index (κ2) is 7.07. The predicted molar refractivity (Wildman–Crippen MR) is 115 cm³/mol. The number of aromatic amines is 2. The van der Waals surface area contributed by atoms with Crippen molar-refractivity contribution in [1.29, 1.82) is 0 Å². The van der Waals surface area contributed by atoms with Crippen LogP contribution >= 0.6 is 11.6 Å². The second-order valence-electron chi connectivity index (χ2n) is 6.71. The molecule has 2 aromatic carbocycles. The molecule has 3 N–H and O–H groups in total. The van der Waals surface area contributed by atoms with E-state index in [1.54, 1.807) is 18.2 Å². The van der Waals surface area contributed by atoms with E-state index in [0.29, 0.717) is 17.3 Å². The van der Waals surface area contributed by atoms with Crippen molar-refractivity contribution in [2.45, 2.75) is 5.88 Å². The number of hydrogen-bond donors (Lipinski definition) is 3. The summed E-state index contributed by atoms with van der Waals surface area (Å²) in [6.07, 6.45) is 0. The van der Waals surface area contributed by atoms with E-state index in [-0.39, 0.29) is 5.91 Å². The van der Waals surface area contributed by atoms with Crippen LogP contribution in [0.4, 0.5) is 5.82 Å². The molecule has 0 aliphatic heterocycles. The van der Waals surface area contributed by atoms with Gasteiger partial charge in [-0.15, -0.1) is 11.6 Å². The molecule has 3 heterocycles. The Morgan fingerprint density at radius 1 is 1.00 bits per heavy atom. The van der Waals surface area contributed by atoms with E-state index >= 15 is 0 Å². The third-order valence-corrected chi connectivity index (χ3v) is 5.12. The van der Waals surface area contributed by atoms with Gasteiger partial charge in [-0.25, -0.2) is 4.98 Å². The van der Waals surface area contributed by atoms with Gasteiger partial charge >= 0.3 is 0 Å². The predicted octanol–water partition coefficient (Wildman–Crippen LogP) is 5.10. The lowest BCUT2D eigenvalue weighted by atomic mass is 10.1. The highest BCUT2D eigenvalue weighted by Gasteiger charge is 2.12. The monoisotopic (exact) mass is 401 g/mol. The zero-order chi connectivity index (χ0) is 19.8. The van der Waals surface area contributed by atoms with E-state index in [1.165, 1.54) is 0 Å². The van der Waals surface area contributed by atoms with Crippen molar-refractivity contribution in [3.63, 3.8) is 0 Å². The molecule has 7 heteroatoms. The van der Waals surface area contributed by atoms with Crippen molar-refractivity contribution >= 4 is 45.3 Å². The van der Waals surface area contributed by atoms with E-state index in [4.69, 9.17) is 11.6 Å². The van der Waals surface area contributed by atoms with Crippen molar-refractivity contribution in [2.75, 3.05) is 5.32 Å². The number of aromatic nitrogens is 4. The number of carbonyl (C=O) groups is 1. The summed E-state index contributed by atoms with van der Waals surface area (Å²) in [5, 5.41) is 11.3. The Morgan fingerprint density at radius 3 is 2.66 bits per heavy atom.